The molecule has 0 N–H and O–H groups in total. The van der Waals surface area contributed by atoms with E-state index in [1.54, 1.807) is 0 Å². The second-order valence-corrected chi connectivity index (χ2v) is 21.9. The highest BCUT2D eigenvalue weighted by Gasteiger charge is 2.22. The van der Waals surface area contributed by atoms with Gasteiger partial charge in [-0.25, -0.2) is 0 Å². The Bertz CT molecular complexity index is 5530. The first-order valence-electron chi connectivity index (χ1n) is 29.6. The molecule has 0 radical (unpaired) electrons. The van der Waals surface area contributed by atoms with Gasteiger partial charge in [-0.15, -0.1) is 11.3 Å². The third kappa shape index (κ3) is 7.53. The fraction of sp³-hybridized carbons (Fsp3) is 0.0769. The maximum atomic E-state index is 7.02. The molecule has 6 aromatic heterocycles. The predicted molar refractivity (Wildman–Crippen MR) is 363 cm³/mol. The molecular formula is C78H60N4OS. The van der Waals surface area contributed by atoms with Gasteiger partial charge in [0.2, 0.25) is 0 Å². The van der Waals surface area contributed by atoms with Crippen molar-refractivity contribution in [3.05, 3.63) is 255 Å². The number of rotatable bonds is 5. The molecule has 0 atom stereocenters. The molecule has 12 aromatic carbocycles. The third-order valence-electron chi connectivity index (χ3n) is 16.7. The molecule has 0 saturated heterocycles. The minimum absolute atomic E-state index is 0.871. The first-order valence-corrected chi connectivity index (χ1v) is 30.5. The van der Waals surface area contributed by atoms with E-state index in [0.717, 1.165) is 60.9 Å². The fourth-order valence-corrected chi connectivity index (χ4v) is 14.4. The maximum absolute atomic E-state index is 7.02. The summed E-state index contributed by atoms with van der Waals surface area (Å²) in [5, 5.41) is 14.5. The number of fused-ring (bicyclic) bond motifs is 19. The van der Waals surface area contributed by atoms with Crippen LogP contribution < -0.4 is 0 Å². The van der Waals surface area contributed by atoms with Crippen LogP contribution in [0.15, 0.2) is 259 Å². The molecule has 18 aromatic rings. The van der Waals surface area contributed by atoms with E-state index in [2.05, 4.69) is 273 Å². The van der Waals surface area contributed by atoms with Crippen LogP contribution in [0.5, 0.6) is 0 Å². The summed E-state index contributed by atoms with van der Waals surface area (Å²) < 4.78 is 19.2. The van der Waals surface area contributed by atoms with E-state index in [4.69, 9.17) is 4.42 Å². The number of furan rings is 1. The Kier molecular flexibility index (Phi) is 12.3. The summed E-state index contributed by atoms with van der Waals surface area (Å²) in [5.41, 5.74) is 18.2. The zero-order chi connectivity index (χ0) is 56.7. The van der Waals surface area contributed by atoms with Gasteiger partial charge in [0.15, 0.2) is 0 Å². The van der Waals surface area contributed by atoms with Gasteiger partial charge in [0.25, 0.3) is 0 Å². The zero-order valence-electron chi connectivity index (χ0n) is 47.9. The molecule has 0 bridgehead atoms. The number of aromatic nitrogens is 4. The minimum atomic E-state index is 0.871. The number of thiophene rings is 1. The molecule has 404 valence electrons. The van der Waals surface area contributed by atoms with Crippen LogP contribution in [-0.4, -0.2) is 18.3 Å². The summed E-state index contributed by atoms with van der Waals surface area (Å²) in [6.07, 6.45) is 0. The van der Waals surface area contributed by atoms with E-state index in [0.29, 0.717) is 0 Å². The largest absolute Gasteiger partial charge is 0.455 e. The average molecular weight is 1100 g/mol. The van der Waals surface area contributed by atoms with E-state index in [9.17, 15) is 0 Å². The average Bonchev–Trinajstić information content (AvgIpc) is 1.88. The fourth-order valence-electron chi connectivity index (χ4n) is 13.4. The van der Waals surface area contributed by atoms with Gasteiger partial charge in [0, 0.05) is 91.4 Å². The lowest BCUT2D eigenvalue weighted by Crippen LogP contribution is -1.94. The summed E-state index contributed by atoms with van der Waals surface area (Å²) >= 11 is 1.86. The van der Waals surface area contributed by atoms with Crippen LogP contribution in [0.4, 0.5) is 0 Å². The highest BCUT2D eigenvalue weighted by Crippen LogP contribution is 2.45. The van der Waals surface area contributed by atoms with Crippen molar-refractivity contribution >= 4 is 141 Å². The van der Waals surface area contributed by atoms with E-state index in [-0.39, 0.29) is 0 Å². The zero-order valence-corrected chi connectivity index (χ0v) is 48.7. The van der Waals surface area contributed by atoms with Gasteiger partial charge in [-0.2, -0.15) is 0 Å². The molecule has 0 unspecified atom stereocenters. The SMILES string of the molecule is CC.CC.CC.c1ccc(-n2c3ccccc3c3cc(-c4ccc5c(c4)c4ccccc4n5-c4ccc5oc6c(ccc7c6c6ccccc6n7-c6ccc7sc8ccc(-n9c%10ccccc%10c%10ccccc%109)cc8c7c6)c5c4)ccc32)cc1. The molecule has 0 aliphatic heterocycles. The summed E-state index contributed by atoms with van der Waals surface area (Å²) in [7, 11) is 0. The molecule has 84 heavy (non-hydrogen) atoms. The van der Waals surface area contributed by atoms with Gasteiger partial charge in [-0.05, 0) is 145 Å². The molecule has 0 aliphatic rings. The van der Waals surface area contributed by atoms with Crippen molar-refractivity contribution in [2.45, 2.75) is 41.5 Å². The van der Waals surface area contributed by atoms with Crippen molar-refractivity contribution in [1.82, 2.24) is 18.3 Å². The summed E-state index contributed by atoms with van der Waals surface area (Å²) in [5.74, 6) is 0. The normalized spacial score (nSPS) is 11.7. The van der Waals surface area contributed by atoms with Crippen LogP contribution in [0, 0.1) is 0 Å². The van der Waals surface area contributed by atoms with E-state index in [1.807, 2.05) is 52.9 Å². The molecule has 6 heterocycles. The third-order valence-corrected chi connectivity index (χ3v) is 17.9. The van der Waals surface area contributed by atoms with Crippen molar-refractivity contribution < 1.29 is 4.42 Å². The standard InChI is InChI=1S/C72H42N4OS.3C2H6/c1-2-14-45(15-3-1)73-62-23-11-6-18-51(62)55-38-43(26-32-65(55)73)44-27-33-66-56(39-44)52-19-7-12-24-63(52)75(66)46-28-35-68-57(40-46)53-31-34-67-71(72(53)77-68)54-20-8-13-25-64(54)76(67)48-30-37-70-59(42-48)58-41-47(29-36-69(58)78-70)74-60-21-9-4-16-49(60)50-17-5-10-22-61(50)74;3*1-2/h1-42H;3*1-2H3. The Morgan fingerprint density at radius 1 is 0.250 bits per heavy atom. The lowest BCUT2D eigenvalue weighted by molar-refractivity contribution is 0.673. The Labute approximate surface area is 490 Å². The molecule has 0 saturated carbocycles. The predicted octanol–water partition coefficient (Wildman–Crippen LogP) is 23.1. The van der Waals surface area contributed by atoms with Crippen LogP contribution in [0.25, 0.3) is 163 Å². The molecule has 6 heteroatoms. The summed E-state index contributed by atoms with van der Waals surface area (Å²) in [4.78, 5) is 0. The molecule has 0 spiro atoms. The van der Waals surface area contributed by atoms with E-state index >= 15 is 0 Å². The van der Waals surface area contributed by atoms with Crippen LogP contribution in [0.3, 0.4) is 0 Å². The number of benzene rings is 12. The van der Waals surface area contributed by atoms with Gasteiger partial charge in [0.05, 0.1) is 49.5 Å². The van der Waals surface area contributed by atoms with Crippen molar-refractivity contribution in [3.8, 4) is 33.9 Å². The molecule has 0 fully saturated rings. The molecular weight excluding hydrogens is 1040 g/mol. The van der Waals surface area contributed by atoms with Gasteiger partial charge in [-0.1, -0.05) is 163 Å². The molecule has 5 nitrogen and oxygen atoms in total. The van der Waals surface area contributed by atoms with Crippen molar-refractivity contribution in [2.24, 2.45) is 0 Å². The molecule has 18 rings (SSSR count). The maximum Gasteiger partial charge on any atom is 0.145 e. The van der Waals surface area contributed by atoms with Gasteiger partial charge in [0.1, 0.15) is 11.2 Å². The summed E-state index contributed by atoms with van der Waals surface area (Å²) in [6, 6.07) is 93.6. The van der Waals surface area contributed by atoms with Gasteiger partial charge < -0.3 is 22.7 Å². The van der Waals surface area contributed by atoms with Crippen LogP contribution in [0.2, 0.25) is 0 Å². The first kappa shape index (κ1) is 50.8. The van der Waals surface area contributed by atoms with Gasteiger partial charge >= 0.3 is 0 Å². The van der Waals surface area contributed by atoms with Crippen molar-refractivity contribution in [2.75, 3.05) is 0 Å². The van der Waals surface area contributed by atoms with Crippen LogP contribution in [0.1, 0.15) is 41.5 Å². The Morgan fingerprint density at radius 3 is 1.12 bits per heavy atom. The number of para-hydroxylation sites is 6. The number of nitrogens with zero attached hydrogens (tertiary/aromatic N) is 4. The second kappa shape index (κ2) is 20.4. The lowest BCUT2D eigenvalue weighted by atomic mass is 10.0. The topological polar surface area (TPSA) is 32.9 Å². The highest BCUT2D eigenvalue weighted by atomic mass is 32.1. The quantitative estimate of drug-likeness (QED) is 0.169. The lowest BCUT2D eigenvalue weighted by Gasteiger charge is -2.10. The van der Waals surface area contributed by atoms with Crippen molar-refractivity contribution in [3.63, 3.8) is 0 Å². The van der Waals surface area contributed by atoms with E-state index < -0.39 is 0 Å². The van der Waals surface area contributed by atoms with E-state index in [1.165, 1.54) is 102 Å². The number of hydrogen-bond donors (Lipinski definition) is 0. The van der Waals surface area contributed by atoms with Crippen LogP contribution >= 0.6 is 11.3 Å². The highest BCUT2D eigenvalue weighted by molar-refractivity contribution is 7.25. The Hall–Kier alpha value is -10.1. The van der Waals surface area contributed by atoms with Crippen molar-refractivity contribution in [1.29, 1.82) is 0 Å². The van der Waals surface area contributed by atoms with Gasteiger partial charge in [-0.3, -0.25) is 0 Å². The molecule has 0 amide bonds. The number of hydrogen-bond acceptors (Lipinski definition) is 2. The smallest absolute Gasteiger partial charge is 0.145 e. The summed E-state index contributed by atoms with van der Waals surface area (Å²) in [6.45, 7) is 12.0. The Morgan fingerprint density at radius 2 is 0.619 bits per heavy atom. The second-order valence-electron chi connectivity index (χ2n) is 20.8. The first-order chi connectivity index (χ1) is 41.7. The Balaban J connectivity index is 0.000000972. The monoisotopic (exact) mass is 1100 g/mol. The minimum Gasteiger partial charge on any atom is -0.455 e. The molecule has 0 aliphatic carbocycles. The van der Waals surface area contributed by atoms with Crippen LogP contribution in [-0.2, 0) is 0 Å².